The number of nitrogens with one attached hydrogen (secondary N) is 1. The van der Waals surface area contributed by atoms with Gasteiger partial charge in [0.25, 0.3) is 0 Å². The van der Waals surface area contributed by atoms with Gasteiger partial charge in [-0.05, 0) is 26.3 Å². The Bertz CT molecular complexity index is 434. The molecule has 0 aliphatic carbocycles. The minimum atomic E-state index is 0.582. The van der Waals surface area contributed by atoms with Gasteiger partial charge in [0.1, 0.15) is 0 Å². The highest BCUT2D eigenvalue weighted by molar-refractivity contribution is 5.28. The van der Waals surface area contributed by atoms with Crippen LogP contribution in [0.3, 0.4) is 0 Å². The highest BCUT2D eigenvalue weighted by atomic mass is 15.3. The molecule has 20 heavy (non-hydrogen) atoms. The van der Waals surface area contributed by atoms with E-state index < -0.39 is 0 Å². The number of piperazine rings is 1. The quantitative estimate of drug-likeness (QED) is 0.629. The summed E-state index contributed by atoms with van der Waals surface area (Å²) in [4.78, 5) is 13.9. The van der Waals surface area contributed by atoms with Crippen molar-refractivity contribution in [3.63, 3.8) is 0 Å². The number of hydrogen-bond acceptors (Lipinski definition) is 6. The number of anilines is 1. The summed E-state index contributed by atoms with van der Waals surface area (Å²) >= 11 is 0. The highest BCUT2D eigenvalue weighted by Crippen LogP contribution is 2.24. The fraction of sp³-hybridized carbons (Fsp3) is 0.714. The summed E-state index contributed by atoms with van der Waals surface area (Å²) in [6, 6.07) is 1.32. The average Bonchev–Trinajstić information content (AvgIpc) is 2.49. The molecular formula is C14H24N6. The van der Waals surface area contributed by atoms with Crippen LogP contribution in [-0.2, 0) is 6.54 Å². The Morgan fingerprint density at radius 3 is 2.95 bits per heavy atom. The lowest BCUT2D eigenvalue weighted by Gasteiger charge is -2.47. The first-order valence-corrected chi connectivity index (χ1v) is 7.52. The molecule has 3 heterocycles. The van der Waals surface area contributed by atoms with Gasteiger partial charge >= 0.3 is 0 Å². The van der Waals surface area contributed by atoms with Crippen LogP contribution in [0.25, 0.3) is 0 Å². The summed E-state index contributed by atoms with van der Waals surface area (Å²) in [5.41, 5.74) is 3.52. The molecule has 0 amide bonds. The fourth-order valence-corrected chi connectivity index (χ4v) is 3.35. The number of nitrogens with two attached hydrogens (primary N) is 1. The highest BCUT2D eigenvalue weighted by Gasteiger charge is 2.32. The zero-order chi connectivity index (χ0) is 13.9. The van der Waals surface area contributed by atoms with Crippen LogP contribution >= 0.6 is 0 Å². The summed E-state index contributed by atoms with van der Waals surface area (Å²) in [6.45, 7) is 6.80. The van der Waals surface area contributed by atoms with Crippen LogP contribution in [0.1, 0.15) is 31.9 Å². The minimum Gasteiger partial charge on any atom is -0.307 e. The third kappa shape index (κ3) is 2.92. The van der Waals surface area contributed by atoms with Gasteiger partial charge in [0, 0.05) is 31.7 Å². The second-order valence-corrected chi connectivity index (χ2v) is 5.96. The van der Waals surface area contributed by atoms with Crippen LogP contribution in [-0.4, -0.2) is 51.5 Å². The molecule has 2 aliphatic rings. The van der Waals surface area contributed by atoms with Crippen molar-refractivity contribution in [1.29, 1.82) is 0 Å². The Labute approximate surface area is 120 Å². The summed E-state index contributed by atoms with van der Waals surface area (Å²) in [6.07, 6.45) is 7.58. The summed E-state index contributed by atoms with van der Waals surface area (Å²) < 4.78 is 0. The predicted molar refractivity (Wildman–Crippen MR) is 78.9 cm³/mol. The van der Waals surface area contributed by atoms with Gasteiger partial charge in [-0.1, -0.05) is 6.42 Å². The zero-order valence-electron chi connectivity index (χ0n) is 12.1. The van der Waals surface area contributed by atoms with E-state index in [1.54, 1.807) is 6.20 Å². The molecule has 0 radical (unpaired) electrons. The van der Waals surface area contributed by atoms with E-state index in [-0.39, 0.29) is 0 Å². The Morgan fingerprint density at radius 2 is 2.20 bits per heavy atom. The van der Waals surface area contributed by atoms with Gasteiger partial charge in [-0.15, -0.1) is 0 Å². The van der Waals surface area contributed by atoms with E-state index in [0.717, 1.165) is 24.8 Å². The van der Waals surface area contributed by atoms with Gasteiger partial charge in [-0.25, -0.2) is 10.8 Å². The number of piperidine rings is 1. The van der Waals surface area contributed by atoms with E-state index in [0.29, 0.717) is 11.9 Å². The smallest absolute Gasteiger partial charge is 0.158 e. The monoisotopic (exact) mass is 276 g/mol. The Morgan fingerprint density at radius 1 is 1.30 bits per heavy atom. The third-order valence-corrected chi connectivity index (χ3v) is 4.53. The summed E-state index contributed by atoms with van der Waals surface area (Å²) in [5.74, 6) is 5.92. The van der Waals surface area contributed by atoms with E-state index in [1.165, 1.54) is 32.4 Å². The number of aromatic nitrogens is 2. The van der Waals surface area contributed by atoms with Crippen LogP contribution in [0.4, 0.5) is 5.82 Å². The zero-order valence-corrected chi connectivity index (χ0v) is 12.1. The average molecular weight is 276 g/mol. The van der Waals surface area contributed by atoms with Crippen molar-refractivity contribution in [2.24, 2.45) is 5.84 Å². The Hall–Kier alpha value is -1.24. The van der Waals surface area contributed by atoms with Gasteiger partial charge in [-0.3, -0.25) is 14.8 Å². The van der Waals surface area contributed by atoms with Crippen molar-refractivity contribution in [3.8, 4) is 0 Å². The van der Waals surface area contributed by atoms with E-state index in [2.05, 4.69) is 32.1 Å². The van der Waals surface area contributed by atoms with Crippen molar-refractivity contribution in [1.82, 2.24) is 19.8 Å². The van der Waals surface area contributed by atoms with Crippen molar-refractivity contribution >= 4 is 5.82 Å². The van der Waals surface area contributed by atoms with Crippen LogP contribution in [0.2, 0.25) is 0 Å². The predicted octanol–water partition coefficient (Wildman–Crippen LogP) is 0.821. The molecule has 110 valence electrons. The summed E-state index contributed by atoms with van der Waals surface area (Å²) in [5, 5.41) is 0. The number of fused-ring (bicyclic) bond motifs is 1. The molecule has 0 aromatic carbocycles. The molecule has 0 saturated carbocycles. The van der Waals surface area contributed by atoms with Crippen molar-refractivity contribution < 1.29 is 0 Å². The van der Waals surface area contributed by atoms with Gasteiger partial charge in [0.05, 0.1) is 18.1 Å². The molecule has 2 unspecified atom stereocenters. The van der Waals surface area contributed by atoms with Crippen LogP contribution < -0.4 is 11.3 Å². The number of nitrogens with zero attached hydrogens (tertiary/aromatic N) is 4. The molecule has 1 aromatic rings. The summed E-state index contributed by atoms with van der Waals surface area (Å²) in [7, 11) is 0. The molecule has 1 aromatic heterocycles. The fourth-order valence-electron chi connectivity index (χ4n) is 3.35. The molecule has 6 nitrogen and oxygen atoms in total. The number of hydrazine groups is 1. The second-order valence-electron chi connectivity index (χ2n) is 5.96. The molecule has 6 heteroatoms. The number of rotatable bonds is 3. The first kappa shape index (κ1) is 13.7. The van der Waals surface area contributed by atoms with Gasteiger partial charge < -0.3 is 5.43 Å². The van der Waals surface area contributed by atoms with Crippen LogP contribution in [0.5, 0.6) is 0 Å². The van der Waals surface area contributed by atoms with E-state index in [9.17, 15) is 0 Å². The molecule has 2 saturated heterocycles. The maximum Gasteiger partial charge on any atom is 0.158 e. The molecule has 2 atom stereocenters. The maximum atomic E-state index is 5.31. The standard InChI is InChI=1S/C14H24N6/c1-11-8-19-5-3-2-4-13(19)10-20(11)9-12-6-17-14(18-15)7-16-12/h6-7,11,13H,2-5,8-10,15H2,1H3,(H,17,18). The number of nitrogen functional groups attached to an aromatic ring is 1. The SMILES string of the molecule is CC1CN2CCCCC2CN1Cc1cnc(NN)cn1. The van der Waals surface area contributed by atoms with Gasteiger partial charge in [-0.2, -0.15) is 0 Å². The lowest BCUT2D eigenvalue weighted by molar-refractivity contribution is 0.0104. The van der Waals surface area contributed by atoms with E-state index >= 15 is 0 Å². The molecule has 2 fully saturated rings. The normalized spacial score (nSPS) is 28.1. The van der Waals surface area contributed by atoms with E-state index in [1.807, 2.05) is 6.20 Å². The molecule has 3 N–H and O–H groups in total. The number of hydrogen-bond donors (Lipinski definition) is 2. The minimum absolute atomic E-state index is 0.582. The lowest BCUT2D eigenvalue weighted by atomic mass is 9.97. The second kappa shape index (κ2) is 6.03. The van der Waals surface area contributed by atoms with Crippen molar-refractivity contribution in [2.45, 2.75) is 44.8 Å². The van der Waals surface area contributed by atoms with Crippen molar-refractivity contribution in [3.05, 3.63) is 18.1 Å². The van der Waals surface area contributed by atoms with Crippen LogP contribution in [0, 0.1) is 0 Å². The molecule has 2 aliphatic heterocycles. The van der Waals surface area contributed by atoms with Gasteiger partial charge in [0.15, 0.2) is 5.82 Å². The first-order chi connectivity index (χ1) is 9.76. The molecule has 0 spiro atoms. The van der Waals surface area contributed by atoms with Crippen molar-refractivity contribution in [2.75, 3.05) is 25.1 Å². The molecule has 3 rings (SSSR count). The largest absolute Gasteiger partial charge is 0.307 e. The molecule has 0 bridgehead atoms. The molecular weight excluding hydrogens is 252 g/mol. The first-order valence-electron chi connectivity index (χ1n) is 7.52. The van der Waals surface area contributed by atoms with Crippen LogP contribution in [0.15, 0.2) is 12.4 Å². The third-order valence-electron chi connectivity index (χ3n) is 4.53. The topological polar surface area (TPSA) is 70.3 Å². The van der Waals surface area contributed by atoms with E-state index in [4.69, 9.17) is 5.84 Å². The lowest BCUT2D eigenvalue weighted by Crippen LogP contribution is -2.58. The van der Waals surface area contributed by atoms with Gasteiger partial charge in [0.2, 0.25) is 0 Å². The maximum absolute atomic E-state index is 5.31. The Balaban J connectivity index is 1.63. The Kier molecular flexibility index (Phi) is 4.14.